The van der Waals surface area contributed by atoms with Gasteiger partial charge in [0.1, 0.15) is 0 Å². The van der Waals surface area contributed by atoms with Crippen molar-refractivity contribution >= 4 is 41.0 Å². The van der Waals surface area contributed by atoms with E-state index in [9.17, 15) is 24.5 Å². The number of ether oxygens (including phenoxy) is 3. The molecule has 12 heteroatoms. The molecule has 11 nitrogen and oxygen atoms in total. The van der Waals surface area contributed by atoms with Crippen LogP contribution in [0.5, 0.6) is 0 Å². The van der Waals surface area contributed by atoms with Crippen LogP contribution in [0.1, 0.15) is 42.6 Å². The van der Waals surface area contributed by atoms with Crippen molar-refractivity contribution in [3.05, 3.63) is 92.3 Å². The largest absolute Gasteiger partial charge is 0.463 e. The quantitative estimate of drug-likeness (QED) is 0.109. The summed E-state index contributed by atoms with van der Waals surface area (Å²) in [4.78, 5) is 50.6. The Labute approximate surface area is 229 Å². The van der Waals surface area contributed by atoms with E-state index in [0.717, 1.165) is 11.8 Å². The van der Waals surface area contributed by atoms with Crippen LogP contribution in [0.3, 0.4) is 0 Å². The average Bonchev–Trinajstić information content (AvgIpc) is 2.91. The lowest BCUT2D eigenvalue weighted by Crippen LogP contribution is -2.38. The number of hydrogen-bond donors (Lipinski definition) is 2. The van der Waals surface area contributed by atoms with Crippen LogP contribution >= 0.6 is 11.8 Å². The summed E-state index contributed by atoms with van der Waals surface area (Å²) < 4.78 is 16.4. The molecule has 0 saturated carbocycles. The molecule has 0 aliphatic carbocycles. The van der Waals surface area contributed by atoms with Gasteiger partial charge in [0.05, 0.1) is 46.5 Å². The molecule has 1 aliphatic rings. The second-order valence-electron chi connectivity index (χ2n) is 8.31. The monoisotopic (exact) mass is 555 g/mol. The molecule has 0 aromatic heterocycles. The van der Waals surface area contributed by atoms with Gasteiger partial charge in [-0.2, -0.15) is 0 Å². The van der Waals surface area contributed by atoms with E-state index in [0.29, 0.717) is 16.9 Å². The van der Waals surface area contributed by atoms with Crippen molar-refractivity contribution in [2.75, 3.05) is 25.2 Å². The molecule has 206 valence electrons. The number of nitro benzene ring substituents is 1. The highest BCUT2D eigenvalue weighted by molar-refractivity contribution is 7.99. The lowest BCUT2D eigenvalue weighted by Gasteiger charge is -2.33. The van der Waals surface area contributed by atoms with Crippen molar-refractivity contribution in [2.45, 2.75) is 32.1 Å². The van der Waals surface area contributed by atoms with Crippen LogP contribution in [0.2, 0.25) is 0 Å². The van der Waals surface area contributed by atoms with E-state index in [1.807, 2.05) is 0 Å². The van der Waals surface area contributed by atoms with E-state index in [1.54, 1.807) is 45.2 Å². The van der Waals surface area contributed by atoms with Crippen molar-refractivity contribution in [3.63, 3.8) is 0 Å². The number of thioether (sulfide) groups is 1. The summed E-state index contributed by atoms with van der Waals surface area (Å²) in [6, 6.07) is 11.8. The molecule has 0 radical (unpaired) electrons. The van der Waals surface area contributed by atoms with Crippen molar-refractivity contribution in [3.8, 4) is 0 Å². The van der Waals surface area contributed by atoms with Crippen molar-refractivity contribution < 1.29 is 33.5 Å². The van der Waals surface area contributed by atoms with Gasteiger partial charge in [-0.05, 0) is 56.9 Å². The van der Waals surface area contributed by atoms with Crippen molar-refractivity contribution in [1.82, 2.24) is 5.32 Å². The number of non-ortho nitro benzene ring substituents is 1. The smallest absolute Gasteiger partial charge is 0.339 e. The summed E-state index contributed by atoms with van der Waals surface area (Å²) in [5.41, 5.74) is 6.01. The van der Waals surface area contributed by atoms with Crippen LogP contribution in [-0.4, -0.2) is 47.7 Å². The summed E-state index contributed by atoms with van der Waals surface area (Å²) in [5.74, 6) is -3.27. The maximum Gasteiger partial charge on any atom is 0.339 e. The number of carbonyl (C=O) groups is 3. The van der Waals surface area contributed by atoms with E-state index < -0.39 is 34.2 Å². The zero-order valence-electron chi connectivity index (χ0n) is 21.9. The van der Waals surface area contributed by atoms with Crippen LogP contribution < -0.4 is 11.1 Å². The maximum atomic E-state index is 13.5. The number of rotatable bonds is 10. The molecular weight excluding hydrogens is 526 g/mol. The first-order chi connectivity index (χ1) is 18.6. The van der Waals surface area contributed by atoms with Gasteiger partial charge >= 0.3 is 17.9 Å². The molecule has 2 unspecified atom stereocenters. The number of nitro groups is 1. The first kappa shape index (κ1) is 29.2. The van der Waals surface area contributed by atoms with Gasteiger partial charge in [-0.15, -0.1) is 11.8 Å². The maximum absolute atomic E-state index is 13.5. The second-order valence-corrected chi connectivity index (χ2v) is 9.21. The molecule has 3 rings (SSSR count). The van der Waals surface area contributed by atoms with Gasteiger partial charge < -0.3 is 25.3 Å². The summed E-state index contributed by atoms with van der Waals surface area (Å²) in [6.07, 6.45) is 1.68. The molecule has 0 spiro atoms. The van der Waals surface area contributed by atoms with Gasteiger partial charge in [-0.1, -0.05) is 12.1 Å². The van der Waals surface area contributed by atoms with Crippen molar-refractivity contribution in [2.24, 2.45) is 0 Å². The number of allylic oxidation sites excluding steroid dienone is 1. The van der Waals surface area contributed by atoms with Gasteiger partial charge in [0, 0.05) is 23.5 Å². The molecule has 2 atom stereocenters. The number of anilines is 1. The lowest BCUT2D eigenvalue weighted by atomic mass is 9.80. The third-order valence-electron chi connectivity index (χ3n) is 5.81. The Morgan fingerprint density at radius 2 is 1.64 bits per heavy atom. The highest BCUT2D eigenvalue weighted by Gasteiger charge is 2.42. The zero-order valence-corrected chi connectivity index (χ0v) is 22.7. The number of nitrogens with zero attached hydrogens (tertiary/aromatic N) is 1. The number of nitrogens with two attached hydrogens (primary N) is 1. The lowest BCUT2D eigenvalue weighted by molar-refractivity contribution is -0.384. The first-order valence-corrected chi connectivity index (χ1v) is 13.3. The number of nitrogens with one attached hydrogen (secondary N) is 1. The number of dihydropyridines is 1. The van der Waals surface area contributed by atoms with Crippen LogP contribution in [0, 0.1) is 10.1 Å². The molecular formula is C27H29N3O8S. The van der Waals surface area contributed by atoms with E-state index in [2.05, 4.69) is 5.32 Å². The predicted octanol–water partition coefficient (Wildman–Crippen LogP) is 4.06. The second kappa shape index (κ2) is 13.0. The van der Waals surface area contributed by atoms with Gasteiger partial charge in [-0.25, -0.2) is 14.4 Å². The topological polar surface area (TPSA) is 160 Å². The van der Waals surface area contributed by atoms with Gasteiger partial charge in [0.2, 0.25) is 0 Å². The van der Waals surface area contributed by atoms with Crippen molar-refractivity contribution in [1.29, 1.82) is 0 Å². The van der Waals surface area contributed by atoms with Crippen LogP contribution in [0.25, 0.3) is 0 Å². The normalized spacial score (nSPS) is 15.7. The first-order valence-electron chi connectivity index (χ1n) is 12.0. The Morgan fingerprint density at radius 3 is 2.21 bits per heavy atom. The third-order valence-corrected chi connectivity index (χ3v) is 6.57. The Balaban J connectivity index is 2.22. The molecule has 2 aromatic rings. The van der Waals surface area contributed by atoms with Gasteiger partial charge in [0.25, 0.3) is 5.69 Å². The number of nitrogen functional groups attached to an aromatic ring is 1. The van der Waals surface area contributed by atoms with E-state index in [4.69, 9.17) is 19.9 Å². The van der Waals surface area contributed by atoms with Crippen LogP contribution in [0.4, 0.5) is 11.4 Å². The summed E-state index contributed by atoms with van der Waals surface area (Å²) >= 11 is 1.13. The average molecular weight is 556 g/mol. The fourth-order valence-electron chi connectivity index (χ4n) is 4.12. The Kier molecular flexibility index (Phi) is 9.72. The Morgan fingerprint density at radius 1 is 1.03 bits per heavy atom. The minimum Gasteiger partial charge on any atom is -0.463 e. The molecule has 1 aliphatic heterocycles. The van der Waals surface area contributed by atoms with E-state index in [-0.39, 0.29) is 41.3 Å². The number of esters is 3. The number of benzene rings is 2. The van der Waals surface area contributed by atoms with Crippen LogP contribution in [0.15, 0.2) is 71.1 Å². The van der Waals surface area contributed by atoms with Crippen LogP contribution in [-0.2, 0) is 23.8 Å². The zero-order chi connectivity index (χ0) is 28.7. The Hall–Kier alpha value is -4.32. The standard InChI is InChI=1S/C27H29N3O8S/c1-5-36-25(32)20-15(3)29-23(27(39-4)38-24(31)16-10-12-18(28)13-11-16)22(26(33)37-6-2)21(20)17-8-7-9-19(14-17)30(34)35/h7-14,21,27,29H,5-6,28H2,1-4H3. The molecule has 3 N–H and O–H groups in total. The summed E-state index contributed by atoms with van der Waals surface area (Å²) in [6.45, 7) is 4.95. The van der Waals surface area contributed by atoms with E-state index >= 15 is 0 Å². The highest BCUT2D eigenvalue weighted by atomic mass is 32.2. The SMILES string of the molecule is CCOC(=O)C1=C(C)NC(C(OC(=O)c2ccc(N)cc2)SC)=C(C(=O)OCC)C1c1cccc([N+](=O)[O-])c1. The molecule has 1 heterocycles. The predicted molar refractivity (Wildman–Crippen MR) is 146 cm³/mol. The Bertz CT molecular complexity index is 1340. The summed E-state index contributed by atoms with van der Waals surface area (Å²) in [7, 11) is 0. The molecule has 0 saturated heterocycles. The molecule has 39 heavy (non-hydrogen) atoms. The molecule has 2 aromatic carbocycles. The minimum atomic E-state index is -1.11. The number of carbonyl (C=O) groups excluding carboxylic acids is 3. The van der Waals surface area contributed by atoms with E-state index in [1.165, 1.54) is 30.3 Å². The molecule has 0 amide bonds. The highest BCUT2D eigenvalue weighted by Crippen LogP contribution is 2.42. The van der Waals surface area contributed by atoms with Gasteiger partial charge in [0.15, 0.2) is 5.44 Å². The number of hydrogen-bond acceptors (Lipinski definition) is 11. The summed E-state index contributed by atoms with van der Waals surface area (Å²) in [5, 5.41) is 14.6. The van der Waals surface area contributed by atoms with Gasteiger partial charge in [-0.3, -0.25) is 10.1 Å². The fraction of sp³-hybridized carbons (Fsp3) is 0.296. The minimum absolute atomic E-state index is 0.0177. The fourth-order valence-corrected chi connectivity index (χ4v) is 4.72. The molecule has 0 bridgehead atoms. The molecule has 0 fully saturated rings. The third kappa shape index (κ3) is 6.58.